The van der Waals surface area contributed by atoms with Crippen LogP contribution in [0.1, 0.15) is 22.8 Å². The van der Waals surface area contributed by atoms with E-state index < -0.39 is 0 Å². The third-order valence-electron chi connectivity index (χ3n) is 3.56. The first-order valence-corrected chi connectivity index (χ1v) is 7.81. The summed E-state index contributed by atoms with van der Waals surface area (Å²) in [7, 11) is 4.45. The van der Waals surface area contributed by atoms with Crippen molar-refractivity contribution in [2.24, 2.45) is 0 Å². The molecule has 6 heteroatoms. The first-order valence-electron chi connectivity index (χ1n) is 7.81. The van der Waals surface area contributed by atoms with Crippen LogP contribution in [0, 0.1) is 0 Å². The summed E-state index contributed by atoms with van der Waals surface area (Å²) in [6, 6.07) is 9.16. The fourth-order valence-electron chi connectivity index (χ4n) is 2.39. The molecule has 0 aromatic heterocycles. The van der Waals surface area contributed by atoms with E-state index in [-0.39, 0.29) is 0 Å². The lowest BCUT2D eigenvalue weighted by Gasteiger charge is -2.18. The molecule has 134 valence electrons. The molecule has 0 radical (unpaired) electrons. The first kappa shape index (κ1) is 18.4. The maximum absolute atomic E-state index is 11.3. The van der Waals surface area contributed by atoms with Crippen LogP contribution < -0.4 is 23.7 Å². The van der Waals surface area contributed by atoms with Crippen LogP contribution in [0.4, 0.5) is 0 Å². The molecule has 0 bridgehead atoms. The van der Waals surface area contributed by atoms with Crippen molar-refractivity contribution < 1.29 is 28.5 Å². The summed E-state index contributed by atoms with van der Waals surface area (Å²) in [6.07, 6.45) is 0.681. The van der Waals surface area contributed by atoms with Crippen molar-refractivity contribution in [3.8, 4) is 28.7 Å². The summed E-state index contributed by atoms with van der Waals surface area (Å²) in [5, 5.41) is 0. The van der Waals surface area contributed by atoms with E-state index in [4.69, 9.17) is 23.7 Å². The Labute approximate surface area is 147 Å². The Balaban J connectivity index is 2.29. The van der Waals surface area contributed by atoms with Crippen LogP contribution >= 0.6 is 0 Å². The highest BCUT2D eigenvalue weighted by molar-refractivity contribution is 5.84. The zero-order valence-corrected chi connectivity index (χ0v) is 14.8. The molecule has 0 N–H and O–H groups in total. The Morgan fingerprint density at radius 1 is 0.880 bits per heavy atom. The van der Waals surface area contributed by atoms with Crippen molar-refractivity contribution in [3.05, 3.63) is 41.5 Å². The highest BCUT2D eigenvalue weighted by Gasteiger charge is 2.22. The quantitative estimate of drug-likeness (QED) is 0.648. The molecule has 2 aromatic carbocycles. The minimum atomic E-state index is 0.294. The Hall–Kier alpha value is -2.89. The highest BCUT2D eigenvalue weighted by atomic mass is 16.5. The van der Waals surface area contributed by atoms with Gasteiger partial charge in [0.1, 0.15) is 12.4 Å². The fraction of sp³-hybridized carbons (Fsp3) is 0.316. The van der Waals surface area contributed by atoms with Gasteiger partial charge in [0.05, 0.1) is 33.5 Å². The third-order valence-corrected chi connectivity index (χ3v) is 3.56. The van der Waals surface area contributed by atoms with Crippen LogP contribution in [0.15, 0.2) is 30.3 Å². The number of hydrogen-bond donors (Lipinski definition) is 0. The van der Waals surface area contributed by atoms with Gasteiger partial charge in [-0.25, -0.2) is 0 Å². The van der Waals surface area contributed by atoms with E-state index in [1.807, 2.05) is 31.2 Å². The number of benzene rings is 2. The molecule has 0 atom stereocenters. The summed E-state index contributed by atoms with van der Waals surface area (Å²) in [6.45, 7) is 2.85. The zero-order valence-electron chi connectivity index (χ0n) is 14.8. The van der Waals surface area contributed by atoms with E-state index in [1.54, 1.807) is 6.07 Å². The Bertz CT molecular complexity index is 709. The molecule has 0 aliphatic carbocycles. The smallest absolute Gasteiger partial charge is 0.208 e. The van der Waals surface area contributed by atoms with E-state index in [0.717, 1.165) is 11.3 Å². The topological polar surface area (TPSA) is 63.2 Å². The Kier molecular flexibility index (Phi) is 6.51. The van der Waals surface area contributed by atoms with Gasteiger partial charge in [0.25, 0.3) is 0 Å². The highest BCUT2D eigenvalue weighted by Crippen LogP contribution is 2.46. The summed E-state index contributed by atoms with van der Waals surface area (Å²) >= 11 is 0. The molecule has 0 saturated heterocycles. The number of carbonyl (C=O) groups excluding carboxylic acids is 1. The average Bonchev–Trinajstić information content (AvgIpc) is 2.66. The number of carbonyl (C=O) groups is 1. The normalized spacial score (nSPS) is 10.1. The summed E-state index contributed by atoms with van der Waals surface area (Å²) in [5.74, 6) is 2.19. The van der Waals surface area contributed by atoms with Crippen molar-refractivity contribution in [1.82, 2.24) is 0 Å². The SMILES string of the molecule is CCOc1ccc(COc2c(OC)cc(C=O)c(OC)c2OC)cc1. The molecule has 0 unspecified atom stereocenters. The second-order valence-electron chi connectivity index (χ2n) is 5.05. The van der Waals surface area contributed by atoms with Crippen LogP contribution in [0.5, 0.6) is 28.7 Å². The predicted molar refractivity (Wildman–Crippen MR) is 93.4 cm³/mol. The molecule has 0 aliphatic rings. The van der Waals surface area contributed by atoms with E-state index in [9.17, 15) is 4.79 Å². The maximum Gasteiger partial charge on any atom is 0.208 e. The van der Waals surface area contributed by atoms with Gasteiger partial charge in [-0.05, 0) is 30.7 Å². The first-order chi connectivity index (χ1) is 12.2. The van der Waals surface area contributed by atoms with Gasteiger partial charge in [-0.3, -0.25) is 4.79 Å². The van der Waals surface area contributed by atoms with Gasteiger partial charge in [0.2, 0.25) is 11.5 Å². The van der Waals surface area contributed by atoms with Gasteiger partial charge in [-0.15, -0.1) is 0 Å². The van der Waals surface area contributed by atoms with Crippen molar-refractivity contribution >= 4 is 6.29 Å². The molecule has 0 heterocycles. The molecular formula is C19H22O6. The van der Waals surface area contributed by atoms with Crippen molar-refractivity contribution in [1.29, 1.82) is 0 Å². The monoisotopic (exact) mass is 346 g/mol. The van der Waals surface area contributed by atoms with Crippen LogP contribution in [-0.4, -0.2) is 34.2 Å². The zero-order chi connectivity index (χ0) is 18.2. The lowest BCUT2D eigenvalue weighted by molar-refractivity contribution is 0.111. The van der Waals surface area contributed by atoms with Gasteiger partial charge in [-0.1, -0.05) is 12.1 Å². The van der Waals surface area contributed by atoms with Gasteiger partial charge in [-0.2, -0.15) is 0 Å². The van der Waals surface area contributed by atoms with Crippen LogP contribution in [0.2, 0.25) is 0 Å². The maximum atomic E-state index is 11.3. The van der Waals surface area contributed by atoms with Crippen molar-refractivity contribution in [2.75, 3.05) is 27.9 Å². The van der Waals surface area contributed by atoms with Crippen LogP contribution in [-0.2, 0) is 6.61 Å². The van der Waals surface area contributed by atoms with Crippen molar-refractivity contribution in [3.63, 3.8) is 0 Å². The molecule has 0 saturated carbocycles. The van der Waals surface area contributed by atoms with Gasteiger partial charge in [0, 0.05) is 0 Å². The molecule has 2 rings (SSSR count). The standard InChI is InChI=1S/C19H22O6/c1-5-24-15-8-6-13(7-9-15)12-25-18-16(21-2)10-14(11-20)17(22-3)19(18)23-4/h6-11H,5,12H2,1-4H3. The Morgan fingerprint density at radius 2 is 1.56 bits per heavy atom. The second-order valence-corrected chi connectivity index (χ2v) is 5.05. The van der Waals surface area contributed by atoms with E-state index >= 15 is 0 Å². The van der Waals surface area contributed by atoms with E-state index in [0.29, 0.717) is 48.1 Å². The van der Waals surface area contributed by atoms with Gasteiger partial charge in [0.15, 0.2) is 17.8 Å². The summed E-state index contributed by atoms with van der Waals surface area (Å²) in [5.41, 5.74) is 1.27. The fourth-order valence-corrected chi connectivity index (χ4v) is 2.39. The van der Waals surface area contributed by atoms with E-state index in [2.05, 4.69) is 0 Å². The summed E-state index contributed by atoms with van der Waals surface area (Å²) < 4.78 is 27.3. The summed E-state index contributed by atoms with van der Waals surface area (Å²) in [4.78, 5) is 11.3. The largest absolute Gasteiger partial charge is 0.494 e. The minimum absolute atomic E-state index is 0.294. The van der Waals surface area contributed by atoms with Crippen molar-refractivity contribution in [2.45, 2.75) is 13.5 Å². The Morgan fingerprint density at radius 3 is 2.08 bits per heavy atom. The van der Waals surface area contributed by atoms with Crippen LogP contribution in [0.25, 0.3) is 0 Å². The minimum Gasteiger partial charge on any atom is -0.494 e. The second kappa shape index (κ2) is 8.82. The average molecular weight is 346 g/mol. The number of rotatable bonds is 9. The lowest BCUT2D eigenvalue weighted by Crippen LogP contribution is -2.04. The molecule has 0 fully saturated rings. The molecular weight excluding hydrogens is 324 g/mol. The van der Waals surface area contributed by atoms with Gasteiger partial charge >= 0.3 is 0 Å². The third kappa shape index (κ3) is 4.15. The number of methoxy groups -OCH3 is 3. The molecule has 2 aromatic rings. The molecule has 25 heavy (non-hydrogen) atoms. The predicted octanol–water partition coefficient (Wildman–Crippen LogP) is 3.50. The number of aldehydes is 1. The molecule has 0 aliphatic heterocycles. The number of hydrogen-bond acceptors (Lipinski definition) is 6. The van der Waals surface area contributed by atoms with E-state index in [1.165, 1.54) is 21.3 Å². The molecule has 0 amide bonds. The lowest BCUT2D eigenvalue weighted by atomic mass is 10.1. The number of ether oxygens (including phenoxy) is 5. The molecule has 0 spiro atoms. The molecule has 6 nitrogen and oxygen atoms in total. The van der Waals surface area contributed by atoms with Gasteiger partial charge < -0.3 is 23.7 Å². The van der Waals surface area contributed by atoms with Crippen LogP contribution in [0.3, 0.4) is 0 Å².